The van der Waals surface area contributed by atoms with Gasteiger partial charge in [0.15, 0.2) is 0 Å². The molecule has 16 heavy (non-hydrogen) atoms. The lowest BCUT2D eigenvalue weighted by Crippen LogP contribution is -2.28. The van der Waals surface area contributed by atoms with E-state index in [1.54, 1.807) is 17.9 Å². The number of hydrazine groups is 1. The molecular weight excluding hydrogens is 346 g/mol. The smallest absolute Gasteiger partial charge is 0.328 e. The van der Waals surface area contributed by atoms with Crippen molar-refractivity contribution >= 4 is 37.8 Å². The monoisotopic (exact) mass is 353 g/mol. The summed E-state index contributed by atoms with van der Waals surface area (Å²) in [4.78, 5) is 26.9. The number of hydrogen-bond donors (Lipinski definition) is 2. The summed E-state index contributed by atoms with van der Waals surface area (Å²) in [7, 11) is 0. The van der Waals surface area contributed by atoms with Crippen LogP contribution in [0.3, 0.4) is 0 Å². The van der Waals surface area contributed by atoms with E-state index >= 15 is 0 Å². The van der Waals surface area contributed by atoms with Gasteiger partial charge in [0.25, 0.3) is 5.56 Å². The third-order valence-corrected chi connectivity index (χ3v) is 2.74. The Balaban J connectivity index is 2.74. The van der Waals surface area contributed by atoms with Crippen LogP contribution in [-0.4, -0.2) is 10.5 Å². The number of pyridine rings is 1. The zero-order valence-electron chi connectivity index (χ0n) is 8.07. The second-order valence-electron chi connectivity index (χ2n) is 2.85. The molecule has 0 aliphatic heterocycles. The van der Waals surface area contributed by atoms with Gasteiger partial charge in [-0.3, -0.25) is 9.59 Å². The predicted molar refractivity (Wildman–Crippen MR) is 64.1 cm³/mol. The van der Waals surface area contributed by atoms with Crippen LogP contribution in [0, 0.1) is 0 Å². The van der Waals surface area contributed by atoms with Gasteiger partial charge in [-0.2, -0.15) is 0 Å². The van der Waals surface area contributed by atoms with Gasteiger partial charge in [0, 0.05) is 17.2 Å². The quantitative estimate of drug-likeness (QED) is 0.613. The SMILES string of the molecule is NNOC(=O)CCn1cc(Br)cc(Br)c1=O. The second-order valence-corrected chi connectivity index (χ2v) is 4.62. The molecular formula is C8H9Br2N3O3. The van der Waals surface area contributed by atoms with Crippen LogP contribution in [0.5, 0.6) is 0 Å². The van der Waals surface area contributed by atoms with E-state index in [0.29, 0.717) is 4.47 Å². The van der Waals surface area contributed by atoms with E-state index in [4.69, 9.17) is 5.84 Å². The summed E-state index contributed by atoms with van der Waals surface area (Å²) in [6, 6.07) is 1.64. The van der Waals surface area contributed by atoms with Gasteiger partial charge in [-0.1, -0.05) is 5.59 Å². The van der Waals surface area contributed by atoms with Gasteiger partial charge in [-0.15, -0.1) is 0 Å². The van der Waals surface area contributed by atoms with E-state index < -0.39 is 5.97 Å². The highest BCUT2D eigenvalue weighted by Gasteiger charge is 2.06. The zero-order valence-corrected chi connectivity index (χ0v) is 11.2. The molecule has 3 N–H and O–H groups in total. The number of aromatic nitrogens is 1. The number of nitrogens with one attached hydrogen (secondary N) is 1. The van der Waals surface area contributed by atoms with Gasteiger partial charge in [0.05, 0.1) is 10.9 Å². The van der Waals surface area contributed by atoms with Gasteiger partial charge in [0.1, 0.15) is 0 Å². The predicted octanol–water partition coefficient (Wildman–Crippen LogP) is 0.685. The fourth-order valence-corrected chi connectivity index (χ4v) is 2.32. The molecule has 1 aromatic rings. The molecule has 8 heteroatoms. The van der Waals surface area contributed by atoms with Crippen LogP contribution in [0.2, 0.25) is 0 Å². The molecule has 0 amide bonds. The lowest BCUT2D eigenvalue weighted by molar-refractivity contribution is -0.151. The molecule has 0 aliphatic rings. The minimum atomic E-state index is -0.537. The summed E-state index contributed by atoms with van der Waals surface area (Å²) in [6.07, 6.45) is 1.64. The summed E-state index contributed by atoms with van der Waals surface area (Å²) in [5.74, 6) is 4.26. The minimum absolute atomic E-state index is 0.0486. The molecule has 0 radical (unpaired) electrons. The lowest BCUT2D eigenvalue weighted by Gasteiger charge is -2.06. The molecule has 6 nitrogen and oxygen atoms in total. The van der Waals surface area contributed by atoms with Gasteiger partial charge in [-0.25, -0.2) is 5.84 Å². The number of nitrogens with two attached hydrogens (primary N) is 1. The van der Waals surface area contributed by atoms with Crippen LogP contribution < -0.4 is 17.0 Å². The van der Waals surface area contributed by atoms with E-state index in [2.05, 4.69) is 36.7 Å². The van der Waals surface area contributed by atoms with Crippen molar-refractivity contribution in [2.75, 3.05) is 0 Å². The normalized spacial score (nSPS) is 10.2. The number of nitrogens with zero attached hydrogens (tertiary/aromatic N) is 1. The Bertz CT molecular complexity index is 447. The first-order chi connectivity index (χ1) is 7.54. The fraction of sp³-hybridized carbons (Fsp3) is 0.250. The molecule has 0 saturated carbocycles. The van der Waals surface area contributed by atoms with E-state index in [1.165, 1.54) is 4.57 Å². The van der Waals surface area contributed by atoms with E-state index in [0.717, 1.165) is 4.47 Å². The van der Waals surface area contributed by atoms with Gasteiger partial charge >= 0.3 is 5.97 Å². The Labute approximate surface area is 108 Å². The van der Waals surface area contributed by atoms with Crippen molar-refractivity contribution in [3.05, 3.63) is 31.6 Å². The molecule has 0 fully saturated rings. The highest BCUT2D eigenvalue weighted by Crippen LogP contribution is 2.12. The van der Waals surface area contributed by atoms with Crippen molar-refractivity contribution in [2.24, 2.45) is 5.84 Å². The molecule has 88 valence electrons. The molecule has 0 aromatic carbocycles. The van der Waals surface area contributed by atoms with Crippen LogP contribution in [0.25, 0.3) is 0 Å². The summed E-state index contributed by atoms with van der Waals surface area (Å²) in [6.45, 7) is 0.220. The minimum Gasteiger partial charge on any atom is -0.356 e. The summed E-state index contributed by atoms with van der Waals surface area (Å²) < 4.78 is 2.56. The summed E-state index contributed by atoms with van der Waals surface area (Å²) in [5, 5.41) is 0. The highest BCUT2D eigenvalue weighted by atomic mass is 79.9. The Hall–Kier alpha value is -0.700. The van der Waals surface area contributed by atoms with Crippen LogP contribution in [0.1, 0.15) is 6.42 Å². The maximum Gasteiger partial charge on any atom is 0.328 e. The lowest BCUT2D eigenvalue weighted by atomic mass is 10.4. The van der Waals surface area contributed by atoms with E-state index in [-0.39, 0.29) is 18.5 Å². The number of carbonyl (C=O) groups excluding carboxylic acids is 1. The van der Waals surface area contributed by atoms with Crippen LogP contribution in [-0.2, 0) is 16.2 Å². The second kappa shape index (κ2) is 6.14. The molecule has 0 atom stereocenters. The Kier molecular flexibility index (Phi) is 5.13. The third-order valence-electron chi connectivity index (χ3n) is 1.74. The molecule has 0 aliphatic carbocycles. The van der Waals surface area contributed by atoms with Crippen molar-refractivity contribution in [1.82, 2.24) is 10.2 Å². The van der Waals surface area contributed by atoms with Crippen molar-refractivity contribution in [2.45, 2.75) is 13.0 Å². The van der Waals surface area contributed by atoms with Crippen LogP contribution in [0.15, 0.2) is 26.0 Å². The number of hydrogen-bond acceptors (Lipinski definition) is 5. The van der Waals surface area contributed by atoms with Gasteiger partial charge in [-0.05, 0) is 37.9 Å². The first-order valence-electron chi connectivity index (χ1n) is 4.25. The molecule has 0 bridgehead atoms. The Morgan fingerprint density at radius 2 is 2.25 bits per heavy atom. The van der Waals surface area contributed by atoms with Crippen molar-refractivity contribution in [3.8, 4) is 0 Å². The number of carbonyl (C=O) groups is 1. The molecule has 1 rings (SSSR count). The standard InChI is InChI=1S/C8H9Br2N3O3/c9-5-3-6(10)8(15)13(4-5)2-1-7(14)16-12-11/h3-4,12H,1-2,11H2. The largest absolute Gasteiger partial charge is 0.356 e. The first kappa shape index (κ1) is 13.4. The number of aryl methyl sites for hydroxylation is 1. The van der Waals surface area contributed by atoms with Crippen molar-refractivity contribution in [1.29, 1.82) is 0 Å². The number of halogens is 2. The first-order valence-corrected chi connectivity index (χ1v) is 5.84. The maximum atomic E-state index is 11.6. The molecule has 0 spiro atoms. The van der Waals surface area contributed by atoms with E-state index in [9.17, 15) is 9.59 Å². The van der Waals surface area contributed by atoms with E-state index in [1.807, 2.05) is 0 Å². The summed E-state index contributed by atoms with van der Waals surface area (Å²) in [5.41, 5.74) is 1.57. The Morgan fingerprint density at radius 1 is 1.56 bits per heavy atom. The molecule has 1 aromatic heterocycles. The van der Waals surface area contributed by atoms with Crippen LogP contribution in [0.4, 0.5) is 0 Å². The van der Waals surface area contributed by atoms with Gasteiger partial charge in [0.2, 0.25) is 0 Å². The average molecular weight is 355 g/mol. The maximum absolute atomic E-state index is 11.6. The van der Waals surface area contributed by atoms with Gasteiger partial charge < -0.3 is 9.40 Å². The fourth-order valence-electron chi connectivity index (χ4n) is 1.06. The topological polar surface area (TPSA) is 86.3 Å². The molecule has 0 unspecified atom stereocenters. The Morgan fingerprint density at radius 3 is 2.88 bits per heavy atom. The average Bonchev–Trinajstić information content (AvgIpc) is 2.21. The van der Waals surface area contributed by atoms with Crippen molar-refractivity contribution < 1.29 is 9.63 Å². The third kappa shape index (κ3) is 3.71. The molecule has 0 saturated heterocycles. The van der Waals surface area contributed by atoms with Crippen molar-refractivity contribution in [3.63, 3.8) is 0 Å². The van der Waals surface area contributed by atoms with Crippen LogP contribution >= 0.6 is 31.9 Å². The number of rotatable bonds is 4. The summed E-state index contributed by atoms with van der Waals surface area (Å²) >= 11 is 6.37. The highest BCUT2D eigenvalue weighted by molar-refractivity contribution is 9.11. The zero-order chi connectivity index (χ0) is 12.1. The molecule has 1 heterocycles.